The van der Waals surface area contributed by atoms with Gasteiger partial charge in [0.05, 0.1) is 6.54 Å². The summed E-state index contributed by atoms with van der Waals surface area (Å²) in [5, 5.41) is 0. The number of hydrogen-bond acceptors (Lipinski definition) is 1. The van der Waals surface area contributed by atoms with Crippen LogP contribution in [0.1, 0.15) is 12.5 Å². The van der Waals surface area contributed by atoms with E-state index in [0.717, 1.165) is 12.1 Å². The fraction of sp³-hybridized carbons (Fsp3) is 0.250. The SMILES string of the molecule is CCn1ccn(Cc2ccc(F)c(F)c2)c1=O. The van der Waals surface area contributed by atoms with Crippen LogP contribution in [0.15, 0.2) is 35.4 Å². The third-order valence-corrected chi connectivity index (χ3v) is 2.60. The van der Waals surface area contributed by atoms with E-state index in [1.165, 1.54) is 10.6 Å². The molecule has 0 unspecified atom stereocenters. The molecule has 1 aromatic carbocycles. The van der Waals surface area contributed by atoms with Crippen molar-refractivity contribution in [2.75, 3.05) is 0 Å². The quantitative estimate of drug-likeness (QED) is 0.803. The average Bonchev–Trinajstić information content (AvgIpc) is 2.65. The molecule has 2 rings (SSSR count). The van der Waals surface area contributed by atoms with Crippen LogP contribution in [0.4, 0.5) is 8.78 Å². The van der Waals surface area contributed by atoms with Crippen molar-refractivity contribution in [1.82, 2.24) is 9.13 Å². The number of nitrogens with zero attached hydrogens (tertiary/aromatic N) is 2. The summed E-state index contributed by atoms with van der Waals surface area (Å²) in [4.78, 5) is 11.7. The molecule has 0 saturated carbocycles. The van der Waals surface area contributed by atoms with Gasteiger partial charge in [-0.25, -0.2) is 13.6 Å². The summed E-state index contributed by atoms with van der Waals surface area (Å²) in [5.74, 6) is -1.78. The summed E-state index contributed by atoms with van der Waals surface area (Å²) < 4.78 is 28.7. The molecule has 0 atom stereocenters. The van der Waals surface area contributed by atoms with Crippen LogP contribution >= 0.6 is 0 Å². The molecule has 17 heavy (non-hydrogen) atoms. The average molecular weight is 238 g/mol. The molecular weight excluding hydrogens is 226 g/mol. The minimum atomic E-state index is -0.898. The zero-order valence-electron chi connectivity index (χ0n) is 9.36. The van der Waals surface area contributed by atoms with Gasteiger partial charge in [-0.3, -0.25) is 9.13 Å². The second kappa shape index (κ2) is 4.53. The van der Waals surface area contributed by atoms with Crippen molar-refractivity contribution in [2.45, 2.75) is 20.0 Å². The first-order valence-electron chi connectivity index (χ1n) is 5.31. The molecule has 0 spiro atoms. The van der Waals surface area contributed by atoms with Crippen LogP contribution in [0.5, 0.6) is 0 Å². The summed E-state index contributed by atoms with van der Waals surface area (Å²) in [6, 6.07) is 3.63. The van der Waals surface area contributed by atoms with Gasteiger partial charge in [0.15, 0.2) is 11.6 Å². The zero-order chi connectivity index (χ0) is 12.4. The van der Waals surface area contributed by atoms with Crippen molar-refractivity contribution < 1.29 is 8.78 Å². The largest absolute Gasteiger partial charge is 0.328 e. The van der Waals surface area contributed by atoms with Crippen LogP contribution < -0.4 is 5.69 Å². The molecule has 0 saturated heterocycles. The second-order valence-electron chi connectivity index (χ2n) is 3.74. The fourth-order valence-corrected chi connectivity index (χ4v) is 1.65. The molecule has 0 N–H and O–H groups in total. The Kier molecular flexibility index (Phi) is 3.08. The highest BCUT2D eigenvalue weighted by Crippen LogP contribution is 2.09. The van der Waals surface area contributed by atoms with Gasteiger partial charge >= 0.3 is 5.69 Å². The fourth-order valence-electron chi connectivity index (χ4n) is 1.65. The first kappa shape index (κ1) is 11.6. The highest BCUT2D eigenvalue weighted by Gasteiger charge is 2.05. The number of benzene rings is 1. The van der Waals surface area contributed by atoms with Crippen molar-refractivity contribution in [3.05, 3.63) is 58.3 Å². The van der Waals surface area contributed by atoms with Crippen LogP contribution in [0.25, 0.3) is 0 Å². The third-order valence-electron chi connectivity index (χ3n) is 2.60. The molecule has 90 valence electrons. The smallest absolute Gasteiger partial charge is 0.300 e. The number of aryl methyl sites for hydroxylation is 1. The second-order valence-corrected chi connectivity index (χ2v) is 3.74. The molecule has 2 aromatic rings. The Labute approximate surface area is 96.9 Å². The first-order chi connectivity index (χ1) is 8.11. The molecule has 0 aliphatic heterocycles. The summed E-state index contributed by atoms with van der Waals surface area (Å²) in [5.41, 5.74) is 0.400. The van der Waals surface area contributed by atoms with E-state index in [-0.39, 0.29) is 12.2 Å². The Morgan fingerprint density at radius 3 is 2.41 bits per heavy atom. The van der Waals surface area contributed by atoms with E-state index in [9.17, 15) is 13.6 Å². The van der Waals surface area contributed by atoms with Crippen LogP contribution in [0.3, 0.4) is 0 Å². The summed E-state index contributed by atoms with van der Waals surface area (Å²) in [6.07, 6.45) is 3.30. The minimum absolute atomic E-state index is 0.155. The predicted molar refractivity (Wildman–Crippen MR) is 59.8 cm³/mol. The Balaban J connectivity index is 2.28. The molecule has 1 aromatic heterocycles. The maximum atomic E-state index is 13.0. The zero-order valence-corrected chi connectivity index (χ0v) is 9.36. The van der Waals surface area contributed by atoms with E-state index in [4.69, 9.17) is 0 Å². The van der Waals surface area contributed by atoms with E-state index < -0.39 is 11.6 Å². The lowest BCUT2D eigenvalue weighted by atomic mass is 10.2. The Hall–Kier alpha value is -1.91. The molecule has 0 amide bonds. The summed E-state index contributed by atoms with van der Waals surface area (Å²) in [7, 11) is 0. The van der Waals surface area contributed by atoms with E-state index in [0.29, 0.717) is 12.1 Å². The number of rotatable bonds is 3. The minimum Gasteiger partial charge on any atom is -0.300 e. The van der Waals surface area contributed by atoms with Crippen LogP contribution in [-0.2, 0) is 13.1 Å². The van der Waals surface area contributed by atoms with Gasteiger partial charge in [-0.05, 0) is 24.6 Å². The summed E-state index contributed by atoms with van der Waals surface area (Å²) in [6.45, 7) is 2.69. The molecule has 0 radical (unpaired) electrons. The van der Waals surface area contributed by atoms with Gasteiger partial charge in [-0.2, -0.15) is 0 Å². The van der Waals surface area contributed by atoms with Gasteiger partial charge in [0.25, 0.3) is 0 Å². The Bertz CT molecular complexity index is 586. The number of imidazole rings is 1. The van der Waals surface area contributed by atoms with Crippen molar-refractivity contribution >= 4 is 0 Å². The lowest BCUT2D eigenvalue weighted by Crippen LogP contribution is -2.23. The van der Waals surface area contributed by atoms with Crippen molar-refractivity contribution in [3.8, 4) is 0 Å². The lowest BCUT2D eigenvalue weighted by molar-refractivity contribution is 0.506. The van der Waals surface area contributed by atoms with E-state index in [2.05, 4.69) is 0 Å². The van der Waals surface area contributed by atoms with Gasteiger partial charge in [-0.15, -0.1) is 0 Å². The molecule has 0 fully saturated rings. The first-order valence-corrected chi connectivity index (χ1v) is 5.31. The topological polar surface area (TPSA) is 26.9 Å². The maximum Gasteiger partial charge on any atom is 0.328 e. The number of aromatic nitrogens is 2. The maximum absolute atomic E-state index is 13.0. The molecule has 0 bridgehead atoms. The Morgan fingerprint density at radius 1 is 1.12 bits per heavy atom. The van der Waals surface area contributed by atoms with Crippen molar-refractivity contribution in [2.24, 2.45) is 0 Å². The van der Waals surface area contributed by atoms with Crippen LogP contribution in [-0.4, -0.2) is 9.13 Å². The summed E-state index contributed by atoms with van der Waals surface area (Å²) >= 11 is 0. The van der Waals surface area contributed by atoms with E-state index in [1.54, 1.807) is 17.0 Å². The highest BCUT2D eigenvalue weighted by molar-refractivity contribution is 5.18. The highest BCUT2D eigenvalue weighted by atomic mass is 19.2. The van der Waals surface area contributed by atoms with Gasteiger partial charge < -0.3 is 0 Å². The normalized spacial score (nSPS) is 10.8. The monoisotopic (exact) mass is 238 g/mol. The van der Waals surface area contributed by atoms with Gasteiger partial charge in [0.2, 0.25) is 0 Å². The Morgan fingerprint density at radius 2 is 1.82 bits per heavy atom. The van der Waals surface area contributed by atoms with E-state index in [1.807, 2.05) is 6.92 Å². The molecule has 1 heterocycles. The van der Waals surface area contributed by atoms with E-state index >= 15 is 0 Å². The van der Waals surface area contributed by atoms with Crippen molar-refractivity contribution in [3.63, 3.8) is 0 Å². The molecule has 5 heteroatoms. The van der Waals surface area contributed by atoms with Gasteiger partial charge in [0, 0.05) is 18.9 Å². The molecule has 0 aliphatic carbocycles. The molecular formula is C12H12F2N2O. The number of halogens is 2. The van der Waals surface area contributed by atoms with Crippen LogP contribution in [0.2, 0.25) is 0 Å². The standard InChI is InChI=1S/C12H12F2N2O/c1-2-15-5-6-16(12(15)17)8-9-3-4-10(13)11(14)7-9/h3-7H,2,8H2,1H3. The molecule has 0 aliphatic rings. The van der Waals surface area contributed by atoms with Crippen LogP contribution in [0, 0.1) is 11.6 Å². The van der Waals surface area contributed by atoms with Gasteiger partial charge in [0.1, 0.15) is 0 Å². The predicted octanol–water partition coefficient (Wildman–Crippen LogP) is 2.00. The third kappa shape index (κ3) is 2.27. The van der Waals surface area contributed by atoms with Crippen molar-refractivity contribution in [1.29, 1.82) is 0 Å². The lowest BCUT2D eigenvalue weighted by Gasteiger charge is -2.02. The number of hydrogen-bond donors (Lipinski definition) is 0. The molecule has 3 nitrogen and oxygen atoms in total. The van der Waals surface area contributed by atoms with Gasteiger partial charge in [-0.1, -0.05) is 6.07 Å².